The predicted octanol–water partition coefficient (Wildman–Crippen LogP) is 2.71. The van der Waals surface area contributed by atoms with Crippen LogP contribution in [0.2, 0.25) is 0 Å². The molecule has 0 saturated heterocycles. The summed E-state index contributed by atoms with van der Waals surface area (Å²) in [5.74, 6) is 0.366. The van der Waals surface area contributed by atoms with Gasteiger partial charge < -0.3 is 9.47 Å². The second kappa shape index (κ2) is 4.24. The number of rotatable bonds is 1. The van der Waals surface area contributed by atoms with Crippen LogP contribution in [0.1, 0.15) is 28.4 Å². The summed E-state index contributed by atoms with van der Waals surface area (Å²) in [5, 5.41) is 0. The maximum atomic E-state index is 11.9. The van der Waals surface area contributed by atoms with Gasteiger partial charge in [-0.25, -0.2) is 4.79 Å². The molecule has 4 heteroatoms. The molecule has 1 aromatic rings. The maximum absolute atomic E-state index is 11.9. The molecule has 0 saturated carbocycles. The van der Waals surface area contributed by atoms with Gasteiger partial charge in [-0.3, -0.25) is 0 Å². The van der Waals surface area contributed by atoms with Crippen LogP contribution in [0.25, 0.3) is 0 Å². The second-order valence-corrected chi connectivity index (χ2v) is 5.14. The largest absolute Gasteiger partial charge is 0.495 e. The van der Waals surface area contributed by atoms with Gasteiger partial charge in [-0.2, -0.15) is 0 Å². The Bertz CT molecular complexity index is 454. The number of methoxy groups -OCH3 is 1. The SMILES string of the molecule is COc1c(I)cc(C)c2c1C(=O)OC(C)C2. The Hall–Kier alpha value is -0.780. The molecule has 1 atom stereocenters. The highest BCUT2D eigenvalue weighted by molar-refractivity contribution is 14.1. The first-order valence-electron chi connectivity index (χ1n) is 5.11. The average molecular weight is 332 g/mol. The zero-order valence-corrected chi connectivity index (χ0v) is 11.6. The van der Waals surface area contributed by atoms with Gasteiger partial charge in [0.2, 0.25) is 0 Å². The van der Waals surface area contributed by atoms with Crippen LogP contribution in [0.5, 0.6) is 5.75 Å². The standard InChI is InChI=1S/C12H13IO3/c1-6-4-9(13)11(15-3)10-8(6)5-7(2)16-12(10)14/h4,7H,5H2,1-3H3. The smallest absolute Gasteiger partial charge is 0.342 e. The quantitative estimate of drug-likeness (QED) is 0.586. The summed E-state index contributed by atoms with van der Waals surface area (Å²) in [5.41, 5.74) is 2.79. The summed E-state index contributed by atoms with van der Waals surface area (Å²) >= 11 is 2.17. The van der Waals surface area contributed by atoms with Gasteiger partial charge in [0, 0.05) is 6.42 Å². The van der Waals surface area contributed by atoms with Crippen LogP contribution >= 0.6 is 22.6 Å². The van der Waals surface area contributed by atoms with E-state index in [-0.39, 0.29) is 12.1 Å². The molecule has 3 nitrogen and oxygen atoms in total. The minimum atomic E-state index is -0.271. The van der Waals surface area contributed by atoms with Gasteiger partial charge in [-0.1, -0.05) is 0 Å². The minimum Gasteiger partial charge on any atom is -0.495 e. The maximum Gasteiger partial charge on any atom is 0.342 e. The molecule has 16 heavy (non-hydrogen) atoms. The fourth-order valence-electron chi connectivity index (χ4n) is 2.05. The fraction of sp³-hybridized carbons (Fsp3) is 0.417. The number of aryl methyl sites for hydroxylation is 1. The van der Waals surface area contributed by atoms with Crippen molar-refractivity contribution in [3.63, 3.8) is 0 Å². The van der Waals surface area contributed by atoms with Crippen LogP contribution in [0.15, 0.2) is 6.07 Å². The lowest BCUT2D eigenvalue weighted by molar-refractivity contribution is 0.0295. The van der Waals surface area contributed by atoms with Crippen LogP contribution in [0.3, 0.4) is 0 Å². The molecule has 0 spiro atoms. The van der Waals surface area contributed by atoms with E-state index in [0.29, 0.717) is 11.3 Å². The molecular weight excluding hydrogens is 319 g/mol. The van der Waals surface area contributed by atoms with Crippen molar-refractivity contribution >= 4 is 28.6 Å². The summed E-state index contributed by atoms with van der Waals surface area (Å²) in [4.78, 5) is 11.9. The third-order valence-corrected chi connectivity index (χ3v) is 3.57. The van der Waals surface area contributed by atoms with Crippen molar-refractivity contribution in [2.45, 2.75) is 26.4 Å². The highest BCUT2D eigenvalue weighted by atomic mass is 127. The highest BCUT2D eigenvalue weighted by Gasteiger charge is 2.29. The van der Waals surface area contributed by atoms with E-state index >= 15 is 0 Å². The highest BCUT2D eigenvalue weighted by Crippen LogP contribution is 2.35. The lowest BCUT2D eigenvalue weighted by atomic mass is 9.94. The lowest BCUT2D eigenvalue weighted by Gasteiger charge is -2.25. The van der Waals surface area contributed by atoms with Gasteiger partial charge in [0.25, 0.3) is 0 Å². The van der Waals surface area contributed by atoms with Crippen LogP contribution in [-0.2, 0) is 11.2 Å². The number of hydrogen-bond acceptors (Lipinski definition) is 3. The van der Waals surface area contributed by atoms with Crippen LogP contribution in [0.4, 0.5) is 0 Å². The number of ether oxygens (including phenoxy) is 2. The minimum absolute atomic E-state index is 0.0523. The summed E-state index contributed by atoms with van der Waals surface area (Å²) in [6.07, 6.45) is 0.712. The molecule has 0 amide bonds. The van der Waals surface area contributed by atoms with Crippen molar-refractivity contribution in [1.29, 1.82) is 0 Å². The van der Waals surface area contributed by atoms with Crippen molar-refractivity contribution in [3.05, 3.63) is 26.3 Å². The van der Waals surface area contributed by atoms with Gasteiger partial charge >= 0.3 is 5.97 Å². The second-order valence-electron chi connectivity index (χ2n) is 3.98. The summed E-state index contributed by atoms with van der Waals surface area (Å²) < 4.78 is 11.5. The molecular formula is C12H13IO3. The lowest BCUT2D eigenvalue weighted by Crippen LogP contribution is -2.26. The Kier molecular flexibility index (Phi) is 3.10. The summed E-state index contributed by atoms with van der Waals surface area (Å²) in [7, 11) is 1.58. The van der Waals surface area contributed by atoms with Gasteiger partial charge in [0.1, 0.15) is 17.4 Å². The van der Waals surface area contributed by atoms with Crippen molar-refractivity contribution in [1.82, 2.24) is 0 Å². The van der Waals surface area contributed by atoms with Crippen LogP contribution in [-0.4, -0.2) is 19.2 Å². The van der Waals surface area contributed by atoms with E-state index in [4.69, 9.17) is 9.47 Å². The van der Waals surface area contributed by atoms with Crippen molar-refractivity contribution < 1.29 is 14.3 Å². The number of carbonyl (C=O) groups excluding carboxylic acids is 1. The van der Waals surface area contributed by atoms with Crippen molar-refractivity contribution in [2.75, 3.05) is 7.11 Å². The number of halogens is 1. The molecule has 2 rings (SSSR count). The molecule has 0 aromatic heterocycles. The summed E-state index contributed by atoms with van der Waals surface area (Å²) in [6, 6.07) is 2.05. The molecule has 1 aliphatic heterocycles. The average Bonchev–Trinajstić information content (AvgIpc) is 2.20. The molecule has 1 heterocycles. The van der Waals surface area contributed by atoms with Gasteiger partial charge in [0.15, 0.2) is 0 Å². The normalized spacial score (nSPS) is 19.0. The van der Waals surface area contributed by atoms with E-state index in [2.05, 4.69) is 22.6 Å². The molecule has 0 N–H and O–H groups in total. The summed E-state index contributed by atoms with van der Waals surface area (Å²) in [6.45, 7) is 3.93. The van der Waals surface area contributed by atoms with Crippen molar-refractivity contribution in [2.24, 2.45) is 0 Å². The molecule has 86 valence electrons. The van der Waals surface area contributed by atoms with E-state index in [1.165, 1.54) is 0 Å². The predicted molar refractivity (Wildman–Crippen MR) is 69.0 cm³/mol. The first-order valence-corrected chi connectivity index (χ1v) is 6.19. The zero-order valence-electron chi connectivity index (χ0n) is 9.46. The van der Waals surface area contributed by atoms with E-state index < -0.39 is 0 Å². The fourth-order valence-corrected chi connectivity index (χ4v) is 3.00. The van der Waals surface area contributed by atoms with Gasteiger partial charge in [-0.15, -0.1) is 0 Å². The van der Waals surface area contributed by atoms with Crippen LogP contribution in [0, 0.1) is 10.5 Å². The van der Waals surface area contributed by atoms with E-state index in [0.717, 1.165) is 21.1 Å². The van der Waals surface area contributed by atoms with E-state index in [1.54, 1.807) is 7.11 Å². The Labute approximate surface area is 108 Å². The number of fused-ring (bicyclic) bond motifs is 1. The third kappa shape index (κ3) is 1.79. The Morgan fingerprint density at radius 2 is 2.25 bits per heavy atom. The topological polar surface area (TPSA) is 35.5 Å². The van der Waals surface area contributed by atoms with Crippen molar-refractivity contribution in [3.8, 4) is 5.75 Å². The Morgan fingerprint density at radius 3 is 2.88 bits per heavy atom. The number of esters is 1. The van der Waals surface area contributed by atoms with E-state index in [9.17, 15) is 4.79 Å². The number of benzene rings is 1. The van der Waals surface area contributed by atoms with Gasteiger partial charge in [-0.05, 0) is 53.6 Å². The number of carbonyl (C=O) groups is 1. The Morgan fingerprint density at radius 1 is 1.56 bits per heavy atom. The molecule has 1 unspecified atom stereocenters. The van der Waals surface area contributed by atoms with Gasteiger partial charge in [0.05, 0.1) is 10.7 Å². The first kappa shape index (κ1) is 11.7. The molecule has 0 bridgehead atoms. The van der Waals surface area contributed by atoms with Crippen LogP contribution < -0.4 is 4.74 Å². The zero-order chi connectivity index (χ0) is 11.9. The molecule has 1 aliphatic rings. The number of cyclic esters (lactones) is 1. The van der Waals surface area contributed by atoms with E-state index in [1.807, 2.05) is 19.9 Å². The molecule has 1 aromatic carbocycles. The molecule has 0 aliphatic carbocycles. The first-order chi connectivity index (χ1) is 7.54. The third-order valence-electron chi connectivity index (χ3n) is 2.77. The molecule has 0 fully saturated rings. The Balaban J connectivity index is 2.69. The molecule has 0 radical (unpaired) electrons. The monoisotopic (exact) mass is 332 g/mol. The number of hydrogen-bond donors (Lipinski definition) is 0.